The molecule has 0 saturated heterocycles. The minimum atomic E-state index is -0.988. The van der Waals surface area contributed by atoms with Crippen LogP contribution in [0.25, 0.3) is 0 Å². The number of allylic oxidation sites excluding steroid dienone is 1. The summed E-state index contributed by atoms with van der Waals surface area (Å²) in [6, 6.07) is -0.800. The van der Waals surface area contributed by atoms with Gasteiger partial charge < -0.3 is 10.4 Å². The van der Waals surface area contributed by atoms with Crippen LogP contribution < -0.4 is 5.32 Å². The molecule has 0 aliphatic carbocycles. The first-order valence-corrected chi connectivity index (χ1v) is 5.25. The quantitative estimate of drug-likeness (QED) is 0.633. The number of aliphatic carboxylic acids is 1. The normalized spacial score (nSPS) is 12.7. The van der Waals surface area contributed by atoms with Crippen LogP contribution in [-0.2, 0) is 9.59 Å². The summed E-state index contributed by atoms with van der Waals surface area (Å²) in [5.41, 5.74) is 0. The third-order valence-electron chi connectivity index (χ3n) is 2.00. The topological polar surface area (TPSA) is 66.4 Å². The Morgan fingerprint density at radius 2 is 2.13 bits per heavy atom. The second kappa shape index (κ2) is 8.03. The Labute approximate surface area is 90.4 Å². The van der Waals surface area contributed by atoms with Crippen LogP contribution >= 0.6 is 0 Å². The molecule has 0 aliphatic rings. The lowest BCUT2D eigenvalue weighted by molar-refractivity contribution is -0.141. The molecule has 86 valence electrons. The SMILES string of the molecule is C/C=C/CC(NC(=O)CCCC)C(=O)O. The average Bonchev–Trinajstić information content (AvgIpc) is 2.20. The summed E-state index contributed by atoms with van der Waals surface area (Å²) in [7, 11) is 0. The number of amides is 1. The first kappa shape index (κ1) is 13.7. The van der Waals surface area contributed by atoms with Crippen molar-refractivity contribution < 1.29 is 14.7 Å². The summed E-state index contributed by atoms with van der Waals surface area (Å²) < 4.78 is 0. The largest absolute Gasteiger partial charge is 0.480 e. The number of carbonyl (C=O) groups excluding carboxylic acids is 1. The number of hydrogen-bond acceptors (Lipinski definition) is 2. The van der Waals surface area contributed by atoms with Crippen LogP contribution in [0.3, 0.4) is 0 Å². The predicted molar refractivity (Wildman–Crippen MR) is 58.5 cm³/mol. The van der Waals surface area contributed by atoms with Gasteiger partial charge in [-0.2, -0.15) is 0 Å². The van der Waals surface area contributed by atoms with Gasteiger partial charge in [-0.3, -0.25) is 4.79 Å². The molecule has 0 saturated carbocycles. The first-order chi connectivity index (χ1) is 7.11. The van der Waals surface area contributed by atoms with Crippen molar-refractivity contribution in [1.29, 1.82) is 0 Å². The molecule has 0 aromatic rings. The Kier molecular flexibility index (Phi) is 7.32. The molecule has 0 aromatic heterocycles. The molecule has 0 aromatic carbocycles. The predicted octanol–water partition coefficient (Wildman–Crippen LogP) is 1.71. The molecule has 4 nitrogen and oxygen atoms in total. The van der Waals surface area contributed by atoms with Crippen LogP contribution in [-0.4, -0.2) is 23.0 Å². The van der Waals surface area contributed by atoms with Gasteiger partial charge in [-0.1, -0.05) is 25.5 Å². The summed E-state index contributed by atoms with van der Waals surface area (Å²) in [6.45, 7) is 3.81. The highest BCUT2D eigenvalue weighted by molar-refractivity contribution is 5.83. The highest BCUT2D eigenvalue weighted by atomic mass is 16.4. The Morgan fingerprint density at radius 3 is 2.60 bits per heavy atom. The molecule has 0 bridgehead atoms. The van der Waals surface area contributed by atoms with E-state index in [1.807, 2.05) is 13.8 Å². The van der Waals surface area contributed by atoms with E-state index >= 15 is 0 Å². The van der Waals surface area contributed by atoms with Gasteiger partial charge in [0, 0.05) is 6.42 Å². The van der Waals surface area contributed by atoms with E-state index in [0.29, 0.717) is 12.8 Å². The lowest BCUT2D eigenvalue weighted by atomic mass is 10.1. The average molecular weight is 213 g/mol. The summed E-state index contributed by atoms with van der Waals surface area (Å²) in [4.78, 5) is 22.0. The molecule has 0 spiro atoms. The zero-order valence-electron chi connectivity index (χ0n) is 9.32. The van der Waals surface area contributed by atoms with Crippen LogP contribution in [0.5, 0.6) is 0 Å². The zero-order chi connectivity index (χ0) is 11.7. The number of rotatable bonds is 7. The Balaban J connectivity index is 4.04. The van der Waals surface area contributed by atoms with Crippen LogP contribution in [0, 0.1) is 0 Å². The van der Waals surface area contributed by atoms with Gasteiger partial charge in [0.15, 0.2) is 0 Å². The molecule has 1 amide bonds. The molecule has 4 heteroatoms. The van der Waals surface area contributed by atoms with Crippen LogP contribution in [0.15, 0.2) is 12.2 Å². The molecule has 1 atom stereocenters. The smallest absolute Gasteiger partial charge is 0.326 e. The fourth-order valence-electron chi connectivity index (χ4n) is 1.10. The van der Waals surface area contributed by atoms with Crippen molar-refractivity contribution in [2.75, 3.05) is 0 Å². The molecule has 0 fully saturated rings. The highest BCUT2D eigenvalue weighted by Gasteiger charge is 2.17. The van der Waals surface area contributed by atoms with Crippen molar-refractivity contribution in [2.24, 2.45) is 0 Å². The van der Waals surface area contributed by atoms with Crippen molar-refractivity contribution in [1.82, 2.24) is 5.32 Å². The maximum absolute atomic E-state index is 11.3. The number of carboxylic acid groups (broad SMARTS) is 1. The second-order valence-corrected chi connectivity index (χ2v) is 3.37. The van der Waals surface area contributed by atoms with Crippen molar-refractivity contribution >= 4 is 11.9 Å². The van der Waals surface area contributed by atoms with Gasteiger partial charge in [0.05, 0.1) is 0 Å². The van der Waals surface area contributed by atoms with Gasteiger partial charge in [0.2, 0.25) is 5.91 Å². The molecule has 1 unspecified atom stereocenters. The maximum atomic E-state index is 11.3. The molecule has 0 radical (unpaired) electrons. The summed E-state index contributed by atoms with van der Waals surface area (Å²) in [5.74, 6) is -1.17. The number of carboxylic acids is 1. The third-order valence-corrected chi connectivity index (χ3v) is 2.00. The molecular weight excluding hydrogens is 194 g/mol. The number of nitrogens with one attached hydrogen (secondary N) is 1. The molecule has 0 heterocycles. The Hall–Kier alpha value is -1.32. The van der Waals surface area contributed by atoms with Gasteiger partial charge in [0.1, 0.15) is 6.04 Å². The first-order valence-electron chi connectivity index (χ1n) is 5.25. The number of hydrogen-bond donors (Lipinski definition) is 2. The molecule has 15 heavy (non-hydrogen) atoms. The summed E-state index contributed by atoms with van der Waals surface area (Å²) >= 11 is 0. The Morgan fingerprint density at radius 1 is 1.47 bits per heavy atom. The van der Waals surface area contributed by atoms with Crippen molar-refractivity contribution in [3.8, 4) is 0 Å². The van der Waals surface area contributed by atoms with Gasteiger partial charge >= 0.3 is 5.97 Å². The van der Waals surface area contributed by atoms with Crippen LogP contribution in [0.2, 0.25) is 0 Å². The van der Waals surface area contributed by atoms with Crippen molar-refractivity contribution in [3.05, 3.63) is 12.2 Å². The highest BCUT2D eigenvalue weighted by Crippen LogP contribution is 1.98. The van der Waals surface area contributed by atoms with Crippen molar-refractivity contribution in [2.45, 2.75) is 45.6 Å². The van der Waals surface area contributed by atoms with Gasteiger partial charge in [-0.15, -0.1) is 0 Å². The van der Waals surface area contributed by atoms with Gasteiger partial charge in [0.25, 0.3) is 0 Å². The van der Waals surface area contributed by atoms with E-state index in [4.69, 9.17) is 5.11 Å². The van der Waals surface area contributed by atoms with E-state index in [-0.39, 0.29) is 5.91 Å². The third kappa shape index (κ3) is 6.71. The summed E-state index contributed by atoms with van der Waals surface area (Å²) in [5, 5.41) is 11.3. The minimum absolute atomic E-state index is 0.186. The maximum Gasteiger partial charge on any atom is 0.326 e. The van der Waals surface area contributed by atoms with Gasteiger partial charge in [-0.05, 0) is 19.8 Å². The van der Waals surface area contributed by atoms with E-state index in [1.165, 1.54) is 0 Å². The minimum Gasteiger partial charge on any atom is -0.480 e. The molecule has 0 aliphatic heterocycles. The van der Waals surface area contributed by atoms with Crippen molar-refractivity contribution in [3.63, 3.8) is 0 Å². The molecule has 0 rings (SSSR count). The van der Waals surface area contributed by atoms with E-state index < -0.39 is 12.0 Å². The zero-order valence-corrected chi connectivity index (χ0v) is 9.32. The van der Waals surface area contributed by atoms with Crippen LogP contribution in [0.1, 0.15) is 39.5 Å². The van der Waals surface area contributed by atoms with E-state index in [9.17, 15) is 9.59 Å². The van der Waals surface area contributed by atoms with Gasteiger partial charge in [-0.25, -0.2) is 4.79 Å². The van der Waals surface area contributed by atoms with E-state index in [1.54, 1.807) is 12.2 Å². The standard InChI is InChI=1S/C11H19NO3/c1-3-5-7-9(11(14)15)12-10(13)8-6-4-2/h3,5,9H,4,6-8H2,1-2H3,(H,12,13)(H,14,15)/b5-3+. The van der Waals surface area contributed by atoms with Crippen LogP contribution in [0.4, 0.5) is 0 Å². The summed E-state index contributed by atoms with van der Waals surface area (Å²) in [6.07, 6.45) is 5.97. The lowest BCUT2D eigenvalue weighted by Gasteiger charge is -2.12. The fraction of sp³-hybridized carbons (Fsp3) is 0.636. The molecular formula is C11H19NO3. The van der Waals surface area contributed by atoms with E-state index in [0.717, 1.165) is 12.8 Å². The fourth-order valence-corrected chi connectivity index (χ4v) is 1.10. The lowest BCUT2D eigenvalue weighted by Crippen LogP contribution is -2.40. The monoisotopic (exact) mass is 213 g/mol. The number of unbranched alkanes of at least 4 members (excludes halogenated alkanes) is 1. The molecule has 2 N–H and O–H groups in total. The second-order valence-electron chi connectivity index (χ2n) is 3.37. The van der Waals surface area contributed by atoms with E-state index in [2.05, 4.69) is 5.32 Å². The number of carbonyl (C=O) groups is 2. The Bertz CT molecular complexity index is 236.